The summed E-state index contributed by atoms with van der Waals surface area (Å²) in [6.07, 6.45) is 3.00. The van der Waals surface area contributed by atoms with Gasteiger partial charge in [0.25, 0.3) is 0 Å². The molecule has 0 spiro atoms. The third-order valence-corrected chi connectivity index (χ3v) is 3.87. The molecule has 0 aliphatic rings. The Morgan fingerprint density at radius 2 is 2.00 bits per heavy atom. The highest BCUT2D eigenvalue weighted by molar-refractivity contribution is 6.30. The maximum atomic E-state index is 6.14. The van der Waals surface area contributed by atoms with Gasteiger partial charge in [0.2, 0.25) is 0 Å². The van der Waals surface area contributed by atoms with Gasteiger partial charge in [-0.15, -0.1) is 0 Å². The zero-order valence-electron chi connectivity index (χ0n) is 11.5. The molecule has 0 N–H and O–H groups in total. The zero-order chi connectivity index (χ0) is 14.1. The van der Waals surface area contributed by atoms with Crippen LogP contribution in [0.1, 0.15) is 24.0 Å². The molecule has 2 aromatic heterocycles. The molecule has 102 valence electrons. The first-order valence-electron chi connectivity index (χ1n) is 6.59. The first-order chi connectivity index (χ1) is 9.70. The maximum absolute atomic E-state index is 6.14. The van der Waals surface area contributed by atoms with Gasteiger partial charge in [0.05, 0.1) is 16.7 Å². The monoisotopic (exact) mass is 286 g/mol. The van der Waals surface area contributed by atoms with Crippen LogP contribution in [0.15, 0.2) is 30.6 Å². The molecule has 0 fully saturated rings. The van der Waals surface area contributed by atoms with Crippen molar-refractivity contribution in [2.24, 2.45) is 7.05 Å². The average molecular weight is 287 g/mol. The molecule has 0 saturated heterocycles. The van der Waals surface area contributed by atoms with Crippen LogP contribution < -0.4 is 0 Å². The van der Waals surface area contributed by atoms with Gasteiger partial charge in [0, 0.05) is 19.0 Å². The van der Waals surface area contributed by atoms with E-state index in [1.165, 1.54) is 6.33 Å². The van der Waals surface area contributed by atoms with Gasteiger partial charge >= 0.3 is 0 Å². The molecule has 0 saturated carbocycles. The number of fused-ring (bicyclic) bond motifs is 1. The Hall–Kier alpha value is -1.94. The van der Waals surface area contributed by atoms with Crippen molar-refractivity contribution in [2.75, 3.05) is 0 Å². The lowest BCUT2D eigenvalue weighted by atomic mass is 10.1. The van der Waals surface area contributed by atoms with E-state index in [0.29, 0.717) is 11.6 Å². The van der Waals surface area contributed by atoms with Crippen molar-refractivity contribution in [1.29, 1.82) is 0 Å². The van der Waals surface area contributed by atoms with E-state index >= 15 is 0 Å². The van der Waals surface area contributed by atoms with Crippen LogP contribution in [0.4, 0.5) is 0 Å². The van der Waals surface area contributed by atoms with Crippen molar-refractivity contribution in [2.45, 2.75) is 19.8 Å². The molecule has 3 rings (SSSR count). The molecule has 0 radical (unpaired) electrons. The fourth-order valence-corrected chi connectivity index (χ4v) is 2.72. The standard InChI is InChI=1S/C15H15ClN4/c1-3-10-12(17-9-18-15(10)16)8-14-19-11-6-4-5-7-13(11)20(14)2/h4-7,9H,3,8H2,1-2H3. The van der Waals surface area contributed by atoms with E-state index in [4.69, 9.17) is 11.6 Å². The number of imidazole rings is 1. The van der Waals surface area contributed by atoms with Gasteiger partial charge in [0.1, 0.15) is 17.3 Å². The Balaban J connectivity index is 2.06. The number of hydrogen-bond donors (Lipinski definition) is 0. The van der Waals surface area contributed by atoms with Gasteiger partial charge in [-0.2, -0.15) is 0 Å². The first kappa shape index (κ1) is 13.1. The molecule has 5 heteroatoms. The third-order valence-electron chi connectivity index (χ3n) is 3.54. The highest BCUT2D eigenvalue weighted by Gasteiger charge is 2.13. The largest absolute Gasteiger partial charge is 0.331 e. The van der Waals surface area contributed by atoms with Gasteiger partial charge in [-0.3, -0.25) is 0 Å². The van der Waals surface area contributed by atoms with Gasteiger partial charge < -0.3 is 4.57 Å². The van der Waals surface area contributed by atoms with E-state index < -0.39 is 0 Å². The quantitative estimate of drug-likeness (QED) is 0.695. The number of benzene rings is 1. The van der Waals surface area contributed by atoms with E-state index in [-0.39, 0.29) is 0 Å². The van der Waals surface area contributed by atoms with Crippen LogP contribution in [-0.2, 0) is 19.9 Å². The Labute approximate surface area is 122 Å². The van der Waals surface area contributed by atoms with Gasteiger partial charge in [-0.1, -0.05) is 30.7 Å². The summed E-state index contributed by atoms with van der Waals surface area (Å²) in [7, 11) is 2.03. The Morgan fingerprint density at radius 1 is 1.20 bits per heavy atom. The summed E-state index contributed by atoms with van der Waals surface area (Å²) in [5.74, 6) is 0.982. The first-order valence-corrected chi connectivity index (χ1v) is 6.97. The normalized spacial score (nSPS) is 11.2. The van der Waals surface area contributed by atoms with Crippen molar-refractivity contribution in [3.63, 3.8) is 0 Å². The second-order valence-corrected chi connectivity index (χ2v) is 5.05. The predicted molar refractivity (Wildman–Crippen MR) is 79.9 cm³/mol. The summed E-state index contributed by atoms with van der Waals surface area (Å²) < 4.78 is 2.10. The molecule has 0 aliphatic carbocycles. The number of nitrogens with zero attached hydrogens (tertiary/aromatic N) is 4. The third kappa shape index (κ3) is 2.16. The highest BCUT2D eigenvalue weighted by atomic mass is 35.5. The van der Waals surface area contributed by atoms with Crippen LogP contribution in [0.25, 0.3) is 11.0 Å². The van der Waals surface area contributed by atoms with Crippen LogP contribution in [-0.4, -0.2) is 19.5 Å². The topological polar surface area (TPSA) is 43.6 Å². The highest BCUT2D eigenvalue weighted by Crippen LogP contribution is 2.21. The summed E-state index contributed by atoms with van der Waals surface area (Å²) in [5.41, 5.74) is 4.08. The van der Waals surface area contributed by atoms with Crippen molar-refractivity contribution in [3.05, 3.63) is 52.8 Å². The molecular formula is C15H15ClN4. The molecule has 20 heavy (non-hydrogen) atoms. The molecule has 2 heterocycles. The fraction of sp³-hybridized carbons (Fsp3) is 0.267. The molecule has 4 nitrogen and oxygen atoms in total. The van der Waals surface area contributed by atoms with Crippen LogP contribution in [0.5, 0.6) is 0 Å². The molecule has 0 atom stereocenters. The smallest absolute Gasteiger partial charge is 0.135 e. The second kappa shape index (κ2) is 5.21. The molecule has 0 bridgehead atoms. The van der Waals surface area contributed by atoms with Crippen LogP contribution in [0.3, 0.4) is 0 Å². The Bertz CT molecular complexity index is 764. The molecule has 0 unspecified atom stereocenters. The van der Waals surface area contributed by atoms with Crippen LogP contribution in [0.2, 0.25) is 5.15 Å². The van der Waals surface area contributed by atoms with Crippen LogP contribution in [0, 0.1) is 0 Å². The minimum atomic E-state index is 0.538. The zero-order valence-corrected chi connectivity index (χ0v) is 12.2. The predicted octanol–water partition coefficient (Wildman–Crippen LogP) is 3.17. The molecular weight excluding hydrogens is 272 g/mol. The lowest BCUT2D eigenvalue weighted by Crippen LogP contribution is -2.05. The van der Waals surface area contributed by atoms with Crippen molar-refractivity contribution in [1.82, 2.24) is 19.5 Å². The number of aromatic nitrogens is 4. The van der Waals surface area contributed by atoms with E-state index in [2.05, 4.69) is 32.5 Å². The fourth-order valence-electron chi connectivity index (χ4n) is 2.43. The number of hydrogen-bond acceptors (Lipinski definition) is 3. The summed E-state index contributed by atoms with van der Waals surface area (Å²) in [4.78, 5) is 13.1. The van der Waals surface area contributed by atoms with Gasteiger partial charge in [-0.25, -0.2) is 15.0 Å². The van der Waals surface area contributed by atoms with E-state index in [9.17, 15) is 0 Å². The summed E-state index contributed by atoms with van der Waals surface area (Å²) in [6.45, 7) is 2.06. The molecule has 1 aromatic carbocycles. The van der Waals surface area contributed by atoms with Gasteiger partial charge in [-0.05, 0) is 18.6 Å². The Morgan fingerprint density at radius 3 is 2.75 bits per heavy atom. The minimum Gasteiger partial charge on any atom is -0.331 e. The van der Waals surface area contributed by atoms with E-state index in [0.717, 1.165) is 34.5 Å². The number of aryl methyl sites for hydroxylation is 1. The molecule has 0 aliphatic heterocycles. The van der Waals surface area contributed by atoms with Crippen molar-refractivity contribution < 1.29 is 0 Å². The summed E-state index contributed by atoms with van der Waals surface area (Å²) in [5, 5.41) is 0.538. The van der Waals surface area contributed by atoms with Gasteiger partial charge in [0.15, 0.2) is 0 Å². The van der Waals surface area contributed by atoms with Crippen molar-refractivity contribution in [3.8, 4) is 0 Å². The number of para-hydroxylation sites is 2. The second-order valence-electron chi connectivity index (χ2n) is 4.70. The maximum Gasteiger partial charge on any atom is 0.135 e. The van der Waals surface area contributed by atoms with Crippen molar-refractivity contribution >= 4 is 22.6 Å². The summed E-state index contributed by atoms with van der Waals surface area (Å²) >= 11 is 6.14. The number of rotatable bonds is 3. The SMILES string of the molecule is CCc1c(Cl)ncnc1Cc1nc2ccccc2n1C. The average Bonchev–Trinajstić information content (AvgIpc) is 2.76. The van der Waals surface area contributed by atoms with E-state index in [1.54, 1.807) is 0 Å². The number of halogens is 1. The van der Waals surface area contributed by atoms with E-state index in [1.807, 2.05) is 25.2 Å². The molecule has 0 amide bonds. The summed E-state index contributed by atoms with van der Waals surface area (Å²) in [6, 6.07) is 8.11. The lowest BCUT2D eigenvalue weighted by Gasteiger charge is -2.07. The van der Waals surface area contributed by atoms with Crippen LogP contribution >= 0.6 is 11.6 Å². The minimum absolute atomic E-state index is 0.538. The Kier molecular flexibility index (Phi) is 3.40. The lowest BCUT2D eigenvalue weighted by molar-refractivity contribution is 0.818. The molecule has 3 aromatic rings.